The van der Waals surface area contributed by atoms with Gasteiger partial charge >= 0.3 is 0 Å². The third-order valence-electron chi connectivity index (χ3n) is 2.51. The summed E-state index contributed by atoms with van der Waals surface area (Å²) in [5.74, 6) is -14.2. The molecule has 0 radical (unpaired) electrons. The van der Waals surface area contributed by atoms with Crippen LogP contribution in [0.25, 0.3) is 11.1 Å². The Morgan fingerprint density at radius 2 is 1.05 bits per heavy atom. The van der Waals surface area contributed by atoms with Gasteiger partial charge in [0.05, 0.1) is 5.56 Å². The highest BCUT2D eigenvalue weighted by atomic mass is 35.5. The Hall–Kier alpha value is -1.76. The largest absolute Gasteiger partial charge is 0.205 e. The molecule has 0 spiro atoms. The minimum Gasteiger partial charge on any atom is -0.205 e. The van der Waals surface area contributed by atoms with Crippen molar-refractivity contribution < 1.29 is 30.7 Å². The zero-order valence-corrected chi connectivity index (χ0v) is 9.93. The quantitative estimate of drug-likeness (QED) is 0.395. The lowest BCUT2D eigenvalue weighted by molar-refractivity contribution is 0.381. The van der Waals surface area contributed by atoms with E-state index in [0.29, 0.717) is 12.1 Å². The molecule has 2 rings (SSSR count). The fourth-order valence-corrected chi connectivity index (χ4v) is 1.73. The van der Waals surface area contributed by atoms with E-state index in [1.807, 2.05) is 0 Å². The van der Waals surface area contributed by atoms with Crippen LogP contribution >= 0.6 is 11.6 Å². The van der Waals surface area contributed by atoms with Crippen molar-refractivity contribution in [3.8, 4) is 11.1 Å². The van der Waals surface area contributed by atoms with Gasteiger partial charge in [-0.25, -0.2) is 30.7 Å². The molecule has 20 heavy (non-hydrogen) atoms. The first-order valence-corrected chi connectivity index (χ1v) is 5.30. The summed E-state index contributed by atoms with van der Waals surface area (Å²) >= 11 is 5.19. The molecular weight excluding hydrogens is 313 g/mol. The van der Waals surface area contributed by atoms with Crippen LogP contribution in [-0.4, -0.2) is 0 Å². The van der Waals surface area contributed by atoms with Crippen LogP contribution in [0.2, 0.25) is 5.02 Å². The van der Waals surface area contributed by atoms with Crippen LogP contribution in [0.15, 0.2) is 12.1 Å². The molecule has 0 aliphatic heterocycles. The molecule has 0 aliphatic carbocycles. The molecular formula is C12H2ClF7. The molecule has 2 aromatic carbocycles. The maximum Gasteiger partial charge on any atom is 0.200 e. The lowest BCUT2D eigenvalue weighted by Crippen LogP contribution is -2.05. The zero-order chi connectivity index (χ0) is 15.2. The molecule has 0 fully saturated rings. The highest BCUT2D eigenvalue weighted by Crippen LogP contribution is 2.35. The summed E-state index contributed by atoms with van der Waals surface area (Å²) in [6.45, 7) is 0. The van der Waals surface area contributed by atoms with Crippen molar-refractivity contribution in [2.24, 2.45) is 0 Å². The molecule has 8 heteroatoms. The highest BCUT2D eigenvalue weighted by molar-refractivity contribution is 6.31. The van der Waals surface area contributed by atoms with E-state index in [2.05, 4.69) is 0 Å². The van der Waals surface area contributed by atoms with Gasteiger partial charge in [0.2, 0.25) is 5.82 Å². The van der Waals surface area contributed by atoms with Gasteiger partial charge in [-0.2, -0.15) is 0 Å². The van der Waals surface area contributed by atoms with E-state index >= 15 is 0 Å². The summed E-state index contributed by atoms with van der Waals surface area (Å²) in [5, 5.41) is -1.12. The molecule has 0 unspecified atom stereocenters. The first-order chi connectivity index (χ1) is 9.27. The van der Waals surface area contributed by atoms with Gasteiger partial charge in [-0.3, -0.25) is 0 Å². The van der Waals surface area contributed by atoms with Crippen molar-refractivity contribution >= 4 is 11.6 Å². The summed E-state index contributed by atoms with van der Waals surface area (Å²) in [6.07, 6.45) is 0. The van der Waals surface area contributed by atoms with Crippen molar-refractivity contribution in [2.75, 3.05) is 0 Å². The fraction of sp³-hybridized carbons (Fsp3) is 0. The van der Waals surface area contributed by atoms with E-state index in [1.165, 1.54) is 0 Å². The molecule has 0 N–H and O–H groups in total. The van der Waals surface area contributed by atoms with Crippen LogP contribution in [0.3, 0.4) is 0 Å². The van der Waals surface area contributed by atoms with E-state index in [4.69, 9.17) is 11.6 Å². The van der Waals surface area contributed by atoms with E-state index in [1.54, 1.807) is 0 Å². The van der Waals surface area contributed by atoms with Crippen molar-refractivity contribution in [1.82, 2.24) is 0 Å². The van der Waals surface area contributed by atoms with Crippen LogP contribution in [0, 0.1) is 40.7 Å². The Morgan fingerprint density at radius 3 is 1.55 bits per heavy atom. The predicted octanol–water partition coefficient (Wildman–Crippen LogP) is 4.98. The molecule has 2 aromatic rings. The molecule has 106 valence electrons. The Balaban J connectivity index is 2.87. The van der Waals surface area contributed by atoms with Gasteiger partial charge in [0.25, 0.3) is 0 Å². The van der Waals surface area contributed by atoms with Gasteiger partial charge in [0.1, 0.15) is 10.8 Å². The summed E-state index contributed by atoms with van der Waals surface area (Å²) in [7, 11) is 0. The lowest BCUT2D eigenvalue weighted by Gasteiger charge is -2.10. The summed E-state index contributed by atoms with van der Waals surface area (Å²) in [5.41, 5.74) is -2.55. The fourth-order valence-electron chi connectivity index (χ4n) is 1.56. The minimum atomic E-state index is -2.38. The summed E-state index contributed by atoms with van der Waals surface area (Å²) < 4.78 is 92.4. The van der Waals surface area contributed by atoms with E-state index in [9.17, 15) is 30.7 Å². The Kier molecular flexibility index (Phi) is 3.64. The molecule has 0 amide bonds. The molecule has 0 saturated heterocycles. The lowest BCUT2D eigenvalue weighted by atomic mass is 10.0. The monoisotopic (exact) mass is 314 g/mol. The number of hydrogen-bond donors (Lipinski definition) is 0. The second-order valence-corrected chi connectivity index (χ2v) is 4.05. The van der Waals surface area contributed by atoms with Crippen LogP contribution < -0.4 is 0 Å². The minimum absolute atomic E-state index is 0.523. The Morgan fingerprint density at radius 1 is 0.600 bits per heavy atom. The smallest absolute Gasteiger partial charge is 0.200 e. The first-order valence-electron chi connectivity index (χ1n) is 4.92. The first kappa shape index (κ1) is 14.6. The Labute approximate surface area is 112 Å². The van der Waals surface area contributed by atoms with Gasteiger partial charge in [0, 0.05) is 5.56 Å². The van der Waals surface area contributed by atoms with Crippen molar-refractivity contribution in [2.45, 2.75) is 0 Å². The number of halogens is 8. The summed E-state index contributed by atoms with van der Waals surface area (Å²) in [6, 6.07) is 1.06. The molecule has 0 aromatic heterocycles. The molecule has 0 heterocycles. The number of hydrogen-bond acceptors (Lipinski definition) is 0. The third-order valence-corrected chi connectivity index (χ3v) is 2.86. The van der Waals surface area contributed by atoms with Crippen molar-refractivity contribution in [1.29, 1.82) is 0 Å². The Bertz CT molecular complexity index is 683. The van der Waals surface area contributed by atoms with E-state index in [0.717, 1.165) is 0 Å². The molecule has 0 nitrogen and oxygen atoms in total. The molecule has 0 saturated carbocycles. The van der Waals surface area contributed by atoms with Gasteiger partial charge in [-0.05, 0) is 12.1 Å². The van der Waals surface area contributed by atoms with E-state index < -0.39 is 56.9 Å². The maximum absolute atomic E-state index is 13.6. The van der Waals surface area contributed by atoms with Crippen molar-refractivity contribution in [3.05, 3.63) is 57.9 Å². The average Bonchev–Trinajstić information content (AvgIpc) is 2.43. The second-order valence-electron chi connectivity index (χ2n) is 3.67. The molecule has 0 bridgehead atoms. The second kappa shape index (κ2) is 4.97. The van der Waals surface area contributed by atoms with Gasteiger partial charge in [-0.15, -0.1) is 0 Å². The topological polar surface area (TPSA) is 0 Å². The number of benzene rings is 2. The summed E-state index contributed by atoms with van der Waals surface area (Å²) in [4.78, 5) is 0. The molecule has 0 atom stereocenters. The SMILES string of the molecule is Fc1ccc(-c2c(F)c(F)c(F)c(F)c2F)c(F)c1Cl. The van der Waals surface area contributed by atoms with E-state index in [-0.39, 0.29) is 0 Å². The predicted molar refractivity (Wildman–Crippen MR) is 56.6 cm³/mol. The van der Waals surface area contributed by atoms with Crippen LogP contribution in [0.5, 0.6) is 0 Å². The highest BCUT2D eigenvalue weighted by Gasteiger charge is 2.29. The third kappa shape index (κ3) is 2.02. The zero-order valence-electron chi connectivity index (χ0n) is 9.18. The number of rotatable bonds is 1. The molecule has 0 aliphatic rings. The van der Waals surface area contributed by atoms with Gasteiger partial charge in [-0.1, -0.05) is 11.6 Å². The standard InChI is InChI=1S/C12H2ClF7/c13-6-4(14)2-1-3(7(6)15)5-8(16)10(18)12(20)11(19)9(5)17/h1-2H. The average molecular weight is 315 g/mol. The van der Waals surface area contributed by atoms with Gasteiger partial charge < -0.3 is 0 Å². The maximum atomic E-state index is 13.6. The van der Waals surface area contributed by atoms with Crippen LogP contribution in [0.4, 0.5) is 30.7 Å². The van der Waals surface area contributed by atoms with Crippen LogP contribution in [-0.2, 0) is 0 Å². The normalized spacial score (nSPS) is 11.0. The van der Waals surface area contributed by atoms with Crippen LogP contribution in [0.1, 0.15) is 0 Å². The van der Waals surface area contributed by atoms with Gasteiger partial charge in [0.15, 0.2) is 29.1 Å². The van der Waals surface area contributed by atoms with Crippen molar-refractivity contribution in [3.63, 3.8) is 0 Å².